The Morgan fingerprint density at radius 2 is 2.06 bits per heavy atom. The van der Waals surface area contributed by atoms with Crippen LogP contribution in [0.15, 0.2) is 51.1 Å². The molecule has 1 aromatic heterocycles. The summed E-state index contributed by atoms with van der Waals surface area (Å²) in [5, 5.41) is 19.3. The molecule has 1 aromatic carbocycles. The second-order valence-electron chi connectivity index (χ2n) is 7.36. The summed E-state index contributed by atoms with van der Waals surface area (Å²) in [5.74, 6) is 1.50. The van der Waals surface area contributed by atoms with Gasteiger partial charge in [0.05, 0.1) is 31.5 Å². The highest BCUT2D eigenvalue weighted by Crippen LogP contribution is 2.34. The van der Waals surface area contributed by atoms with E-state index in [1.165, 1.54) is 13.3 Å². The van der Waals surface area contributed by atoms with E-state index in [1.807, 2.05) is 13.8 Å². The maximum absolute atomic E-state index is 12.3. The molecular formula is C23H28N4O7. The number of furan rings is 1. The molecule has 0 bridgehead atoms. The number of carbonyl (C=O) groups excluding carboxylic acids is 2. The number of hydrogen-bond acceptors (Lipinski definition) is 9. The maximum Gasteiger partial charge on any atom is 0.337 e. The molecule has 0 aliphatic carbocycles. The van der Waals surface area contributed by atoms with Crippen molar-refractivity contribution in [3.8, 4) is 11.5 Å². The molecule has 182 valence electrons. The summed E-state index contributed by atoms with van der Waals surface area (Å²) in [6.07, 6.45) is 0.347. The summed E-state index contributed by atoms with van der Waals surface area (Å²) in [6.45, 7) is 5.49. The molecule has 0 saturated carbocycles. The number of aliphatic hydroxyl groups is 1. The number of allylic oxidation sites excluding steroid dienone is 1. The molecule has 0 radical (unpaired) electrons. The predicted molar refractivity (Wildman–Crippen MR) is 122 cm³/mol. The number of nitrogens with zero attached hydrogens (tertiary/aromatic N) is 1. The average molecular weight is 472 g/mol. The molecule has 1 aliphatic heterocycles. The largest absolute Gasteiger partial charge is 0.490 e. The minimum absolute atomic E-state index is 0.121. The van der Waals surface area contributed by atoms with Gasteiger partial charge in [-0.2, -0.15) is 5.10 Å². The van der Waals surface area contributed by atoms with Crippen LogP contribution >= 0.6 is 0 Å². The number of hydrazone groups is 1. The Bertz CT molecular complexity index is 1090. The lowest BCUT2D eigenvalue weighted by molar-refractivity contribution is -0.136. The second-order valence-corrected chi connectivity index (χ2v) is 7.36. The number of aryl methyl sites for hydroxylation is 1. The number of amides is 2. The first-order chi connectivity index (χ1) is 16.3. The van der Waals surface area contributed by atoms with Gasteiger partial charge in [-0.1, -0.05) is 6.07 Å². The average Bonchev–Trinajstić information content (AvgIpc) is 3.22. The molecule has 2 heterocycles. The van der Waals surface area contributed by atoms with E-state index < -0.39 is 24.3 Å². The fourth-order valence-electron chi connectivity index (χ4n) is 3.33. The molecule has 4 N–H and O–H groups in total. The molecule has 2 atom stereocenters. The Hall–Kier alpha value is -3.99. The van der Waals surface area contributed by atoms with Crippen molar-refractivity contribution in [1.82, 2.24) is 16.1 Å². The van der Waals surface area contributed by atoms with Crippen LogP contribution < -0.4 is 25.5 Å². The summed E-state index contributed by atoms with van der Waals surface area (Å²) in [6, 6.07) is 7.39. The Morgan fingerprint density at radius 1 is 1.26 bits per heavy atom. The number of esters is 1. The van der Waals surface area contributed by atoms with Crippen molar-refractivity contribution >= 4 is 18.2 Å². The first kappa shape index (κ1) is 24.6. The number of ether oxygens (including phenoxy) is 3. The summed E-state index contributed by atoms with van der Waals surface area (Å²) in [4.78, 5) is 24.4. The van der Waals surface area contributed by atoms with Crippen LogP contribution in [-0.4, -0.2) is 49.9 Å². The summed E-state index contributed by atoms with van der Waals surface area (Å²) >= 11 is 0. The lowest BCUT2D eigenvalue weighted by atomic mass is 9.95. The van der Waals surface area contributed by atoms with Crippen LogP contribution in [0.2, 0.25) is 0 Å². The van der Waals surface area contributed by atoms with Gasteiger partial charge >= 0.3 is 12.0 Å². The summed E-state index contributed by atoms with van der Waals surface area (Å²) in [7, 11) is 1.28. The molecule has 2 amide bonds. The number of rotatable bonds is 10. The standard InChI is InChI=1S/C23H28N4O7/c1-5-32-18-10-15(21-20(22(29)31-4)14(3)25-23(30)26-21)7-9-17(18)33-12-19(28)27-24-11-16-8-6-13(2)34-16/h6-11,19,21,27-28H,5,12H2,1-4H3,(H2,25,26,30)/b24-11-/t19-,21-/m0/s1. The Balaban J connectivity index is 1.72. The van der Waals surface area contributed by atoms with Crippen molar-refractivity contribution in [1.29, 1.82) is 0 Å². The quantitative estimate of drug-likeness (QED) is 0.178. The lowest BCUT2D eigenvalue weighted by Crippen LogP contribution is -2.45. The van der Waals surface area contributed by atoms with Crippen LogP contribution in [-0.2, 0) is 9.53 Å². The molecule has 0 saturated heterocycles. The minimum Gasteiger partial charge on any atom is -0.490 e. The van der Waals surface area contributed by atoms with Gasteiger partial charge in [0.15, 0.2) is 17.7 Å². The van der Waals surface area contributed by atoms with Crippen LogP contribution in [0, 0.1) is 6.92 Å². The number of hydrogen-bond donors (Lipinski definition) is 4. The minimum atomic E-state index is -1.10. The maximum atomic E-state index is 12.3. The van der Waals surface area contributed by atoms with Gasteiger partial charge in [-0.15, -0.1) is 0 Å². The number of nitrogens with one attached hydrogen (secondary N) is 3. The van der Waals surface area contributed by atoms with Crippen molar-refractivity contribution in [3.05, 3.63) is 58.7 Å². The van der Waals surface area contributed by atoms with Gasteiger partial charge in [-0.25, -0.2) is 9.59 Å². The van der Waals surface area contributed by atoms with Crippen molar-refractivity contribution in [2.24, 2.45) is 5.10 Å². The van der Waals surface area contributed by atoms with Gasteiger partial charge in [0.1, 0.15) is 18.1 Å². The van der Waals surface area contributed by atoms with Crippen molar-refractivity contribution in [2.45, 2.75) is 33.0 Å². The van der Waals surface area contributed by atoms with Crippen molar-refractivity contribution < 1.29 is 33.3 Å². The first-order valence-corrected chi connectivity index (χ1v) is 10.6. The monoisotopic (exact) mass is 472 g/mol. The lowest BCUT2D eigenvalue weighted by Gasteiger charge is -2.28. The molecule has 11 heteroatoms. The Morgan fingerprint density at radius 3 is 2.74 bits per heavy atom. The molecule has 34 heavy (non-hydrogen) atoms. The smallest absolute Gasteiger partial charge is 0.337 e. The highest BCUT2D eigenvalue weighted by atomic mass is 16.5. The van der Waals surface area contributed by atoms with Gasteiger partial charge < -0.3 is 34.4 Å². The molecule has 0 fully saturated rings. The van der Waals surface area contributed by atoms with Crippen molar-refractivity contribution in [2.75, 3.05) is 20.3 Å². The number of aliphatic hydroxyl groups excluding tert-OH is 1. The van der Waals surface area contributed by atoms with Crippen LogP contribution in [0.1, 0.15) is 37.0 Å². The molecular weight excluding hydrogens is 444 g/mol. The highest BCUT2D eigenvalue weighted by Gasteiger charge is 2.32. The van der Waals surface area contributed by atoms with E-state index in [9.17, 15) is 14.7 Å². The number of methoxy groups -OCH3 is 1. The van der Waals surface area contributed by atoms with Crippen LogP contribution in [0.4, 0.5) is 4.79 Å². The summed E-state index contributed by atoms with van der Waals surface area (Å²) in [5.41, 5.74) is 3.83. The molecule has 11 nitrogen and oxygen atoms in total. The van der Waals surface area contributed by atoms with Crippen LogP contribution in [0.25, 0.3) is 0 Å². The van der Waals surface area contributed by atoms with Crippen LogP contribution in [0.3, 0.4) is 0 Å². The topological polar surface area (TPSA) is 144 Å². The fraction of sp³-hybridized carbons (Fsp3) is 0.348. The first-order valence-electron chi connectivity index (χ1n) is 10.6. The molecule has 0 spiro atoms. The van der Waals surface area contributed by atoms with E-state index in [0.29, 0.717) is 35.1 Å². The van der Waals surface area contributed by atoms with E-state index in [4.69, 9.17) is 18.6 Å². The SMILES string of the molecule is CCOc1cc([C@@H]2NC(=O)NC(C)=C2C(=O)OC)ccc1OC[C@H](O)N/N=C\c1ccc(C)o1. The van der Waals surface area contributed by atoms with E-state index in [0.717, 1.165) is 5.76 Å². The normalized spacial score (nSPS) is 16.6. The third-order valence-corrected chi connectivity index (χ3v) is 4.85. The van der Waals surface area contributed by atoms with Gasteiger partial charge in [0, 0.05) is 5.70 Å². The molecule has 2 aromatic rings. The van der Waals surface area contributed by atoms with Gasteiger partial charge in [-0.05, 0) is 50.6 Å². The Labute approximate surface area is 196 Å². The van der Waals surface area contributed by atoms with Gasteiger partial charge in [-0.3, -0.25) is 5.43 Å². The number of benzene rings is 1. The van der Waals surface area contributed by atoms with Gasteiger partial charge in [0.2, 0.25) is 0 Å². The van der Waals surface area contributed by atoms with Gasteiger partial charge in [0.25, 0.3) is 0 Å². The fourth-order valence-corrected chi connectivity index (χ4v) is 3.33. The van der Waals surface area contributed by atoms with Crippen molar-refractivity contribution in [3.63, 3.8) is 0 Å². The highest BCUT2D eigenvalue weighted by molar-refractivity contribution is 5.95. The van der Waals surface area contributed by atoms with E-state index in [2.05, 4.69) is 21.2 Å². The zero-order chi connectivity index (χ0) is 24.7. The Kier molecular flexibility index (Phi) is 8.14. The third-order valence-electron chi connectivity index (χ3n) is 4.85. The predicted octanol–water partition coefficient (Wildman–Crippen LogP) is 2.11. The summed E-state index contributed by atoms with van der Waals surface area (Å²) < 4.78 is 21.6. The number of carbonyl (C=O) groups is 2. The second kappa shape index (κ2) is 11.2. The zero-order valence-corrected chi connectivity index (χ0v) is 19.4. The van der Waals surface area contributed by atoms with E-state index in [1.54, 1.807) is 37.3 Å². The van der Waals surface area contributed by atoms with Crippen LogP contribution in [0.5, 0.6) is 11.5 Å². The number of urea groups is 1. The van der Waals surface area contributed by atoms with E-state index >= 15 is 0 Å². The molecule has 3 rings (SSSR count). The molecule has 1 aliphatic rings. The third kappa shape index (κ3) is 6.07. The molecule has 0 unspecified atom stereocenters. The zero-order valence-electron chi connectivity index (χ0n) is 19.4. The van der Waals surface area contributed by atoms with E-state index in [-0.39, 0.29) is 12.2 Å².